The summed E-state index contributed by atoms with van der Waals surface area (Å²) in [5.74, 6) is -1.66. The number of aliphatic hydroxyl groups is 2. The molecule has 12 nitrogen and oxygen atoms in total. The Kier molecular flexibility index (Phi) is 6.53. The lowest BCUT2D eigenvalue weighted by Gasteiger charge is -2.38. The first kappa shape index (κ1) is 24.6. The number of nitriles is 2. The van der Waals surface area contributed by atoms with Crippen LogP contribution in [0.4, 0.5) is 5.82 Å². The number of hydrogen-bond donors (Lipinski definition) is 3. The Labute approximate surface area is 190 Å². The first-order valence-corrected chi connectivity index (χ1v) is 10.2. The first-order valence-electron chi connectivity index (χ1n) is 10.2. The zero-order valence-corrected chi connectivity index (χ0v) is 18.8. The van der Waals surface area contributed by atoms with Gasteiger partial charge in [0.05, 0.1) is 24.6 Å². The van der Waals surface area contributed by atoms with Gasteiger partial charge in [-0.2, -0.15) is 15.5 Å². The fourth-order valence-corrected chi connectivity index (χ4v) is 3.74. The molecule has 0 amide bonds. The monoisotopic (exact) mass is 461 g/mol. The third kappa shape index (κ3) is 4.71. The summed E-state index contributed by atoms with van der Waals surface area (Å²) in [5, 5.41) is 39.3. The third-order valence-electron chi connectivity index (χ3n) is 5.51. The van der Waals surface area contributed by atoms with Gasteiger partial charge >= 0.3 is 5.69 Å². The summed E-state index contributed by atoms with van der Waals surface area (Å²) in [4.78, 5) is 16.2. The molecule has 0 aromatic carbocycles. The Morgan fingerprint density at radius 1 is 1.33 bits per heavy atom. The van der Waals surface area contributed by atoms with Crippen molar-refractivity contribution < 1.29 is 29.2 Å². The number of fused-ring (bicyclic) bond motifs is 1. The average molecular weight is 461 g/mol. The van der Waals surface area contributed by atoms with Gasteiger partial charge in [-0.1, -0.05) is 0 Å². The van der Waals surface area contributed by atoms with E-state index in [4.69, 9.17) is 29.9 Å². The van der Waals surface area contributed by atoms with Crippen LogP contribution in [0.3, 0.4) is 0 Å². The van der Waals surface area contributed by atoms with Gasteiger partial charge in [0.25, 0.3) is 0 Å². The summed E-state index contributed by atoms with van der Waals surface area (Å²) < 4.78 is 25.0. The summed E-state index contributed by atoms with van der Waals surface area (Å²) in [6.07, 6.45) is -1.47. The molecule has 0 bridgehead atoms. The van der Waals surface area contributed by atoms with Crippen LogP contribution in [0, 0.1) is 22.7 Å². The van der Waals surface area contributed by atoms with Crippen LogP contribution in [0.2, 0.25) is 0 Å². The molecule has 2 fully saturated rings. The molecular weight excluding hydrogens is 434 g/mol. The lowest BCUT2D eigenvalue weighted by atomic mass is 9.95. The summed E-state index contributed by atoms with van der Waals surface area (Å²) in [5.41, 5.74) is 1.88. The average Bonchev–Trinajstić information content (AvgIpc) is 3.21. The maximum Gasteiger partial charge on any atom is 0.351 e. The van der Waals surface area contributed by atoms with Crippen molar-refractivity contribution in [3.05, 3.63) is 34.6 Å². The second-order valence-electron chi connectivity index (χ2n) is 8.93. The normalized spacial score (nSPS) is 29.9. The minimum absolute atomic E-state index is 0.00427. The maximum absolute atomic E-state index is 12.5. The maximum atomic E-state index is 12.5. The van der Waals surface area contributed by atoms with Crippen molar-refractivity contribution in [1.82, 2.24) is 9.55 Å². The van der Waals surface area contributed by atoms with Crippen molar-refractivity contribution in [2.75, 3.05) is 12.3 Å². The fraction of sp³-hybridized carbons (Fsp3) is 0.619. The second-order valence-corrected chi connectivity index (χ2v) is 8.93. The van der Waals surface area contributed by atoms with Gasteiger partial charge in [-0.05, 0) is 33.8 Å². The minimum atomic E-state index is -1.69. The van der Waals surface area contributed by atoms with Gasteiger partial charge in [-0.3, -0.25) is 4.57 Å². The van der Waals surface area contributed by atoms with Crippen molar-refractivity contribution >= 4 is 5.82 Å². The van der Waals surface area contributed by atoms with E-state index in [9.17, 15) is 20.3 Å². The summed E-state index contributed by atoms with van der Waals surface area (Å²) in [7, 11) is 0. The summed E-state index contributed by atoms with van der Waals surface area (Å²) in [6.45, 7) is 5.64. The molecule has 2 aliphatic rings. The van der Waals surface area contributed by atoms with Crippen LogP contribution in [-0.2, 0) is 18.9 Å². The van der Waals surface area contributed by atoms with Crippen LogP contribution >= 0.6 is 0 Å². The van der Waals surface area contributed by atoms with Crippen molar-refractivity contribution in [2.45, 2.75) is 75.6 Å². The molecule has 0 spiro atoms. The van der Waals surface area contributed by atoms with E-state index in [0.29, 0.717) is 0 Å². The molecule has 33 heavy (non-hydrogen) atoms. The van der Waals surface area contributed by atoms with Crippen LogP contribution in [0.5, 0.6) is 0 Å². The van der Waals surface area contributed by atoms with Crippen LogP contribution in [-0.4, -0.2) is 61.7 Å². The number of hydrogen-bond acceptors (Lipinski definition) is 11. The molecule has 0 aliphatic carbocycles. The first-order chi connectivity index (χ1) is 15.3. The molecule has 0 radical (unpaired) electrons. The molecule has 3 rings (SSSR count). The van der Waals surface area contributed by atoms with Gasteiger partial charge < -0.3 is 34.9 Å². The molecule has 1 unspecified atom stereocenters. The Balaban J connectivity index is 1.97. The molecule has 1 aromatic heterocycles. The van der Waals surface area contributed by atoms with Crippen LogP contribution < -0.4 is 11.4 Å². The molecule has 2 aliphatic heterocycles. The van der Waals surface area contributed by atoms with E-state index in [-0.39, 0.29) is 24.6 Å². The molecule has 5 atom stereocenters. The molecule has 1 aromatic rings. The molecule has 2 saturated heterocycles. The van der Waals surface area contributed by atoms with Crippen molar-refractivity contribution in [2.24, 2.45) is 0 Å². The van der Waals surface area contributed by atoms with Gasteiger partial charge in [-0.25, -0.2) is 4.79 Å². The lowest BCUT2D eigenvalue weighted by molar-refractivity contribution is -0.288. The second kappa shape index (κ2) is 8.74. The van der Waals surface area contributed by atoms with E-state index >= 15 is 0 Å². The van der Waals surface area contributed by atoms with Gasteiger partial charge in [0.1, 0.15) is 47.7 Å². The van der Waals surface area contributed by atoms with E-state index < -0.39 is 47.2 Å². The Morgan fingerprint density at radius 3 is 2.55 bits per heavy atom. The highest BCUT2D eigenvalue weighted by atomic mass is 16.8. The van der Waals surface area contributed by atoms with Gasteiger partial charge in [0.2, 0.25) is 5.79 Å². The Morgan fingerprint density at radius 2 is 2.00 bits per heavy atom. The van der Waals surface area contributed by atoms with Gasteiger partial charge in [0.15, 0.2) is 6.23 Å². The van der Waals surface area contributed by atoms with Crippen LogP contribution in [0.25, 0.3) is 0 Å². The third-order valence-corrected chi connectivity index (χ3v) is 5.51. The van der Waals surface area contributed by atoms with Crippen molar-refractivity contribution in [3.63, 3.8) is 0 Å². The summed E-state index contributed by atoms with van der Waals surface area (Å²) >= 11 is 0. The van der Waals surface area contributed by atoms with E-state index in [1.165, 1.54) is 44.5 Å². The number of nitrogen functional groups attached to an aromatic ring is 1. The Hall–Kier alpha value is -3.00. The number of nitrogens with zero attached hydrogens (tertiary/aromatic N) is 4. The molecule has 3 heterocycles. The molecule has 0 saturated carbocycles. The number of aromatic nitrogens is 2. The highest BCUT2D eigenvalue weighted by Crippen LogP contribution is 2.48. The fourth-order valence-electron chi connectivity index (χ4n) is 3.74. The highest BCUT2D eigenvalue weighted by Gasteiger charge is 2.63. The number of allylic oxidation sites excluding steroid dienone is 1. The molecule has 4 N–H and O–H groups in total. The Bertz CT molecular complexity index is 1060. The SMILES string of the molecule is CC(C)(O)/C(=C/C#N)OC[C@H]1O[C@@H](n2ccc(N)nc2=O)[C@@H]2OC(CC#N)(C(C)(C)O)O[C@@H]21. The summed E-state index contributed by atoms with van der Waals surface area (Å²) in [6, 6.07) is 5.20. The van der Waals surface area contributed by atoms with E-state index in [0.717, 1.165) is 6.08 Å². The van der Waals surface area contributed by atoms with Crippen molar-refractivity contribution in [1.29, 1.82) is 10.5 Å². The van der Waals surface area contributed by atoms with E-state index in [2.05, 4.69) is 4.98 Å². The minimum Gasteiger partial charge on any atom is -0.491 e. The predicted octanol–water partition coefficient (Wildman–Crippen LogP) is 0.0828. The van der Waals surface area contributed by atoms with Gasteiger partial charge in [-0.15, -0.1) is 0 Å². The number of nitrogens with two attached hydrogens (primary N) is 1. The standard InChI is InChI=1S/C21H27N5O7/c1-19(2,28)13(5-8-22)30-11-12-15-16(33-21(32-15,7-9-23)20(3,4)29)17(31-12)26-10-6-14(24)25-18(26)27/h5-6,10,12,15-17,28-29H,7,11H2,1-4H3,(H2,24,25,27)/b13-5-/t12-,15-,16-,17-,21?/m1/s1. The number of ether oxygens (including phenoxy) is 4. The zero-order valence-electron chi connectivity index (χ0n) is 18.8. The molecule has 12 heteroatoms. The predicted molar refractivity (Wildman–Crippen MR) is 112 cm³/mol. The van der Waals surface area contributed by atoms with Crippen LogP contribution in [0.15, 0.2) is 28.9 Å². The quantitative estimate of drug-likeness (QED) is 0.369. The molecular formula is C21H27N5O7. The van der Waals surface area contributed by atoms with E-state index in [1.807, 2.05) is 12.1 Å². The zero-order chi connectivity index (χ0) is 24.6. The number of rotatable bonds is 7. The van der Waals surface area contributed by atoms with E-state index in [1.54, 1.807) is 0 Å². The molecule has 178 valence electrons. The van der Waals surface area contributed by atoms with Gasteiger partial charge in [0, 0.05) is 6.20 Å². The van der Waals surface area contributed by atoms with Crippen LogP contribution in [0.1, 0.15) is 40.3 Å². The topological polar surface area (TPSA) is 186 Å². The highest BCUT2D eigenvalue weighted by molar-refractivity contribution is 5.24. The smallest absolute Gasteiger partial charge is 0.351 e. The number of anilines is 1. The van der Waals surface area contributed by atoms with Crippen molar-refractivity contribution in [3.8, 4) is 12.1 Å². The lowest BCUT2D eigenvalue weighted by Crippen LogP contribution is -2.52. The largest absolute Gasteiger partial charge is 0.491 e.